The minimum Gasteiger partial charge on any atom is -0.548 e. The van der Waals surface area contributed by atoms with Crippen molar-refractivity contribution in [1.82, 2.24) is 4.31 Å². The van der Waals surface area contributed by atoms with Crippen LogP contribution in [0, 0.1) is 0 Å². The zero-order valence-electron chi connectivity index (χ0n) is 7.39. The normalized spacial score (nSPS) is 25.8. The molecule has 1 rings (SSSR count). The van der Waals surface area contributed by atoms with E-state index in [4.69, 9.17) is 0 Å². The van der Waals surface area contributed by atoms with Crippen molar-refractivity contribution in [1.29, 1.82) is 0 Å². The van der Waals surface area contributed by atoms with Gasteiger partial charge in [0, 0.05) is 6.54 Å². The molecule has 0 aliphatic carbocycles. The summed E-state index contributed by atoms with van der Waals surface area (Å²) in [5.74, 6) is -1.30. The third-order valence-electron chi connectivity index (χ3n) is 2.15. The number of carbonyl (C=O) groups is 1. The number of sulfonamides is 1. The van der Waals surface area contributed by atoms with Gasteiger partial charge in [-0.2, -0.15) is 4.31 Å². The predicted molar refractivity (Wildman–Crippen MR) is 44.2 cm³/mol. The Balaban J connectivity index is 2.86. The minimum absolute atomic E-state index is 0.289. The Hall–Kier alpha value is -0.620. The summed E-state index contributed by atoms with van der Waals surface area (Å²) < 4.78 is 23.3. The summed E-state index contributed by atoms with van der Waals surface area (Å²) in [5.41, 5.74) is 0. The van der Waals surface area contributed by atoms with Crippen LogP contribution in [0.4, 0.5) is 0 Å². The van der Waals surface area contributed by atoms with Crippen LogP contribution in [0.5, 0.6) is 0 Å². The highest BCUT2D eigenvalue weighted by Gasteiger charge is 2.29. The van der Waals surface area contributed by atoms with Crippen molar-refractivity contribution in [3.63, 3.8) is 0 Å². The highest BCUT2D eigenvalue weighted by molar-refractivity contribution is 7.88. The monoisotopic (exact) mass is 206 g/mol. The Kier molecular flexibility index (Phi) is 2.92. The van der Waals surface area contributed by atoms with Gasteiger partial charge in [-0.15, -0.1) is 0 Å². The molecule has 0 aromatic heterocycles. The van der Waals surface area contributed by atoms with Crippen LogP contribution in [0.2, 0.25) is 0 Å². The molecule has 0 aromatic carbocycles. The van der Waals surface area contributed by atoms with Crippen LogP contribution < -0.4 is 5.11 Å². The third-order valence-corrected chi connectivity index (χ3v) is 3.44. The first-order valence-corrected chi connectivity index (χ1v) is 5.95. The maximum atomic E-state index is 11.1. The van der Waals surface area contributed by atoms with Gasteiger partial charge in [-0.25, -0.2) is 8.42 Å². The van der Waals surface area contributed by atoms with Crippen molar-refractivity contribution in [3.05, 3.63) is 0 Å². The van der Waals surface area contributed by atoms with E-state index in [9.17, 15) is 18.3 Å². The molecule has 0 N–H and O–H groups in total. The molecule has 0 aromatic rings. The number of aliphatic carboxylic acids is 1. The number of piperidine rings is 1. The molecular formula is C7H12NO4S-. The molecule has 1 aliphatic rings. The number of carboxylic acids is 1. The van der Waals surface area contributed by atoms with Gasteiger partial charge in [-0.3, -0.25) is 0 Å². The number of nitrogens with zero attached hydrogens (tertiary/aromatic N) is 1. The fraction of sp³-hybridized carbons (Fsp3) is 0.857. The number of rotatable bonds is 2. The Morgan fingerprint density at radius 3 is 2.46 bits per heavy atom. The van der Waals surface area contributed by atoms with Crippen molar-refractivity contribution in [2.24, 2.45) is 0 Å². The molecule has 1 saturated heterocycles. The Labute approximate surface area is 77.4 Å². The molecule has 0 saturated carbocycles. The average molecular weight is 206 g/mol. The number of carboxylic acid groups (broad SMARTS) is 1. The summed E-state index contributed by atoms with van der Waals surface area (Å²) >= 11 is 0. The van der Waals surface area contributed by atoms with Crippen molar-refractivity contribution >= 4 is 16.0 Å². The average Bonchev–Trinajstić information content (AvgIpc) is 2.03. The second kappa shape index (κ2) is 3.63. The first-order chi connectivity index (χ1) is 5.93. The molecule has 1 fully saturated rings. The molecule has 1 atom stereocenters. The molecule has 0 bridgehead atoms. The van der Waals surface area contributed by atoms with E-state index in [1.54, 1.807) is 0 Å². The summed E-state index contributed by atoms with van der Waals surface area (Å²) in [6.45, 7) is 0.289. The second-order valence-corrected chi connectivity index (χ2v) is 5.14. The number of hydrogen-bond acceptors (Lipinski definition) is 4. The largest absolute Gasteiger partial charge is 0.548 e. The fourth-order valence-corrected chi connectivity index (χ4v) is 2.65. The molecule has 13 heavy (non-hydrogen) atoms. The maximum Gasteiger partial charge on any atom is 0.211 e. The van der Waals surface area contributed by atoms with E-state index in [-0.39, 0.29) is 6.54 Å². The van der Waals surface area contributed by atoms with Crippen LogP contribution in [0.15, 0.2) is 0 Å². The molecule has 0 spiro atoms. The highest BCUT2D eigenvalue weighted by Crippen LogP contribution is 2.18. The van der Waals surface area contributed by atoms with Crippen LogP contribution in [0.1, 0.15) is 19.3 Å². The first kappa shape index (κ1) is 10.5. The molecule has 1 heterocycles. The summed E-state index contributed by atoms with van der Waals surface area (Å²) in [7, 11) is -3.41. The van der Waals surface area contributed by atoms with Crippen LogP contribution in [-0.4, -0.2) is 37.5 Å². The Morgan fingerprint density at radius 1 is 1.46 bits per heavy atom. The van der Waals surface area contributed by atoms with Crippen LogP contribution in [0.25, 0.3) is 0 Å². The van der Waals surface area contributed by atoms with E-state index >= 15 is 0 Å². The van der Waals surface area contributed by atoms with Crippen molar-refractivity contribution < 1.29 is 18.3 Å². The van der Waals surface area contributed by atoms with Gasteiger partial charge in [-0.05, 0) is 12.8 Å². The van der Waals surface area contributed by atoms with E-state index in [2.05, 4.69) is 0 Å². The van der Waals surface area contributed by atoms with Gasteiger partial charge in [0.15, 0.2) is 0 Å². The third kappa shape index (κ3) is 2.41. The predicted octanol–water partition coefficient (Wildman–Crippen LogP) is -1.45. The zero-order valence-corrected chi connectivity index (χ0v) is 8.21. The zero-order chi connectivity index (χ0) is 10.1. The summed E-state index contributed by atoms with van der Waals surface area (Å²) in [4.78, 5) is 10.6. The summed E-state index contributed by atoms with van der Waals surface area (Å²) in [6, 6.07) is -0.969. The summed E-state index contributed by atoms with van der Waals surface area (Å²) in [6.07, 6.45) is 2.84. The van der Waals surface area contributed by atoms with E-state index in [1.807, 2.05) is 0 Å². The number of carbonyl (C=O) groups excluding carboxylic acids is 1. The molecule has 5 nitrogen and oxygen atoms in total. The number of hydrogen-bond donors (Lipinski definition) is 0. The van der Waals surface area contributed by atoms with E-state index in [0.717, 1.165) is 23.4 Å². The molecule has 0 unspecified atom stereocenters. The Morgan fingerprint density at radius 2 is 2.08 bits per heavy atom. The first-order valence-electron chi connectivity index (χ1n) is 4.10. The summed E-state index contributed by atoms with van der Waals surface area (Å²) in [5, 5.41) is 10.6. The van der Waals surface area contributed by atoms with Crippen molar-refractivity contribution in [2.45, 2.75) is 25.3 Å². The van der Waals surface area contributed by atoms with Gasteiger partial charge < -0.3 is 9.90 Å². The van der Waals surface area contributed by atoms with Gasteiger partial charge in [0.2, 0.25) is 10.0 Å². The smallest absolute Gasteiger partial charge is 0.211 e. The maximum absolute atomic E-state index is 11.1. The van der Waals surface area contributed by atoms with Gasteiger partial charge in [0.25, 0.3) is 0 Å². The van der Waals surface area contributed by atoms with E-state index in [0.29, 0.717) is 6.42 Å². The van der Waals surface area contributed by atoms with Crippen molar-refractivity contribution in [3.8, 4) is 0 Å². The fourth-order valence-electron chi connectivity index (χ4n) is 1.54. The molecule has 0 amide bonds. The van der Waals surface area contributed by atoms with E-state index < -0.39 is 22.0 Å². The second-order valence-electron chi connectivity index (χ2n) is 3.20. The molecule has 1 aliphatic heterocycles. The molecular weight excluding hydrogens is 194 g/mol. The van der Waals surface area contributed by atoms with Gasteiger partial charge in [0.05, 0.1) is 18.3 Å². The Bertz CT molecular complexity index is 298. The minimum atomic E-state index is -3.41. The van der Waals surface area contributed by atoms with Crippen LogP contribution >= 0.6 is 0 Å². The lowest BCUT2D eigenvalue weighted by molar-refractivity contribution is -0.311. The molecule has 76 valence electrons. The lowest BCUT2D eigenvalue weighted by atomic mass is 10.1. The van der Waals surface area contributed by atoms with Gasteiger partial charge in [-0.1, -0.05) is 6.42 Å². The topological polar surface area (TPSA) is 77.5 Å². The lowest BCUT2D eigenvalue weighted by Gasteiger charge is -2.33. The highest BCUT2D eigenvalue weighted by atomic mass is 32.2. The quantitative estimate of drug-likeness (QED) is 0.554. The molecule has 6 heteroatoms. The van der Waals surface area contributed by atoms with Crippen LogP contribution in [-0.2, 0) is 14.8 Å². The van der Waals surface area contributed by atoms with Crippen LogP contribution in [0.3, 0.4) is 0 Å². The SMILES string of the molecule is CS(=O)(=O)N1CCCC[C@H]1C(=O)[O-]. The van der Waals surface area contributed by atoms with Gasteiger partial charge in [0.1, 0.15) is 0 Å². The lowest BCUT2D eigenvalue weighted by Crippen LogP contribution is -2.52. The molecule has 0 radical (unpaired) electrons. The standard InChI is InChI=1S/C7H13NO4S/c1-13(11,12)8-5-3-2-4-6(8)7(9)10/h6H,2-5H2,1H3,(H,9,10)/p-1/t6-/m0/s1. The van der Waals surface area contributed by atoms with E-state index in [1.165, 1.54) is 0 Å². The van der Waals surface area contributed by atoms with Crippen molar-refractivity contribution in [2.75, 3.05) is 12.8 Å². The van der Waals surface area contributed by atoms with Gasteiger partial charge >= 0.3 is 0 Å².